The Morgan fingerprint density at radius 3 is 2.41 bits per heavy atom. The summed E-state index contributed by atoms with van der Waals surface area (Å²) >= 11 is 0. The molecule has 0 N–H and O–H groups in total. The van der Waals surface area contributed by atoms with Gasteiger partial charge in [0.2, 0.25) is 5.91 Å². The average Bonchev–Trinajstić information content (AvgIpc) is 2.99. The van der Waals surface area contributed by atoms with Gasteiger partial charge >= 0.3 is 0 Å². The molecule has 0 bridgehead atoms. The molecular formula is C18H20N2O2. The first-order chi connectivity index (χ1) is 10.7. The highest BCUT2D eigenvalue weighted by molar-refractivity contribution is 5.91. The van der Waals surface area contributed by atoms with Gasteiger partial charge in [-0.15, -0.1) is 0 Å². The Labute approximate surface area is 130 Å². The van der Waals surface area contributed by atoms with Crippen molar-refractivity contribution in [2.45, 2.75) is 6.92 Å². The highest BCUT2D eigenvalue weighted by atomic mass is 16.3. The standard InChI is InChI=1S/C18H20N2O2/c1-15-7-8-17(22-15)9-10-18(21)20-13-11-19(12-14-20)16-5-3-2-4-6-16/h2-10H,11-14H2,1H3/b10-9+. The molecule has 1 aliphatic rings. The Bertz CT molecular complexity index is 653. The molecule has 114 valence electrons. The van der Waals surface area contributed by atoms with Crippen molar-refractivity contribution in [3.05, 3.63) is 60.1 Å². The molecule has 1 aromatic heterocycles. The molecule has 1 fully saturated rings. The van der Waals surface area contributed by atoms with Crippen molar-refractivity contribution in [1.82, 2.24) is 4.90 Å². The molecule has 4 heteroatoms. The number of carbonyl (C=O) groups is 1. The summed E-state index contributed by atoms with van der Waals surface area (Å²) in [6.45, 7) is 5.11. The monoisotopic (exact) mass is 296 g/mol. The highest BCUT2D eigenvalue weighted by Crippen LogP contribution is 2.16. The predicted molar refractivity (Wildman–Crippen MR) is 87.7 cm³/mol. The van der Waals surface area contributed by atoms with Crippen LogP contribution in [0.15, 0.2) is 53.0 Å². The molecule has 2 heterocycles. The van der Waals surface area contributed by atoms with Crippen LogP contribution in [0.4, 0.5) is 5.69 Å². The van der Waals surface area contributed by atoms with E-state index in [1.807, 2.05) is 42.2 Å². The maximum absolute atomic E-state index is 12.2. The molecule has 1 aliphatic heterocycles. The van der Waals surface area contributed by atoms with E-state index in [1.54, 1.807) is 12.2 Å². The van der Waals surface area contributed by atoms with Crippen LogP contribution in [0.1, 0.15) is 11.5 Å². The van der Waals surface area contributed by atoms with Crippen molar-refractivity contribution in [1.29, 1.82) is 0 Å². The summed E-state index contributed by atoms with van der Waals surface area (Å²) in [6, 6.07) is 14.1. The van der Waals surface area contributed by atoms with E-state index in [-0.39, 0.29) is 5.91 Å². The number of nitrogens with zero attached hydrogens (tertiary/aromatic N) is 2. The fourth-order valence-corrected chi connectivity index (χ4v) is 2.63. The van der Waals surface area contributed by atoms with Crippen LogP contribution in [0.5, 0.6) is 0 Å². The average molecular weight is 296 g/mol. The Hall–Kier alpha value is -2.49. The van der Waals surface area contributed by atoms with Crippen LogP contribution in [0, 0.1) is 6.92 Å². The molecule has 1 amide bonds. The van der Waals surface area contributed by atoms with E-state index in [2.05, 4.69) is 17.0 Å². The first-order valence-corrected chi connectivity index (χ1v) is 7.56. The number of rotatable bonds is 3. The molecular weight excluding hydrogens is 276 g/mol. The van der Waals surface area contributed by atoms with E-state index in [4.69, 9.17) is 4.42 Å². The quantitative estimate of drug-likeness (QED) is 0.817. The van der Waals surface area contributed by atoms with Gasteiger partial charge in [-0.25, -0.2) is 0 Å². The summed E-state index contributed by atoms with van der Waals surface area (Å²) in [6.07, 6.45) is 3.33. The van der Waals surface area contributed by atoms with Crippen LogP contribution >= 0.6 is 0 Å². The van der Waals surface area contributed by atoms with Crippen LogP contribution in [-0.4, -0.2) is 37.0 Å². The molecule has 0 unspecified atom stereocenters. The molecule has 0 aliphatic carbocycles. The van der Waals surface area contributed by atoms with E-state index in [9.17, 15) is 4.79 Å². The molecule has 0 saturated carbocycles. The third-order valence-corrected chi connectivity index (χ3v) is 3.86. The zero-order valence-corrected chi connectivity index (χ0v) is 12.7. The Morgan fingerprint density at radius 2 is 1.77 bits per heavy atom. The van der Waals surface area contributed by atoms with Gasteiger partial charge in [-0.3, -0.25) is 4.79 Å². The molecule has 1 saturated heterocycles. The number of amides is 1. The van der Waals surface area contributed by atoms with Crippen molar-refractivity contribution in [2.75, 3.05) is 31.1 Å². The number of benzene rings is 1. The Morgan fingerprint density at radius 1 is 1.05 bits per heavy atom. The van der Waals surface area contributed by atoms with E-state index in [0.717, 1.165) is 31.9 Å². The fourth-order valence-electron chi connectivity index (χ4n) is 2.63. The second-order valence-corrected chi connectivity index (χ2v) is 5.43. The highest BCUT2D eigenvalue weighted by Gasteiger charge is 2.19. The topological polar surface area (TPSA) is 36.7 Å². The minimum Gasteiger partial charge on any atom is -0.462 e. The number of furan rings is 1. The molecule has 2 aromatic rings. The summed E-state index contributed by atoms with van der Waals surface area (Å²) in [4.78, 5) is 16.4. The van der Waals surface area contributed by atoms with Crippen LogP contribution in [-0.2, 0) is 4.79 Å². The smallest absolute Gasteiger partial charge is 0.246 e. The lowest BCUT2D eigenvalue weighted by molar-refractivity contribution is -0.126. The maximum Gasteiger partial charge on any atom is 0.246 e. The molecule has 4 nitrogen and oxygen atoms in total. The van der Waals surface area contributed by atoms with Gasteiger partial charge in [-0.1, -0.05) is 18.2 Å². The predicted octanol–water partition coefficient (Wildman–Crippen LogP) is 2.95. The normalized spacial score (nSPS) is 15.5. The minimum absolute atomic E-state index is 0.0433. The van der Waals surface area contributed by atoms with Crippen molar-refractivity contribution in [3.8, 4) is 0 Å². The number of hydrogen-bond donors (Lipinski definition) is 0. The second-order valence-electron chi connectivity index (χ2n) is 5.43. The number of piperazine rings is 1. The number of hydrogen-bond acceptors (Lipinski definition) is 3. The zero-order valence-electron chi connectivity index (χ0n) is 12.7. The van der Waals surface area contributed by atoms with Crippen molar-refractivity contribution in [2.24, 2.45) is 0 Å². The minimum atomic E-state index is 0.0433. The van der Waals surface area contributed by atoms with E-state index < -0.39 is 0 Å². The zero-order chi connectivity index (χ0) is 15.4. The summed E-state index contributed by atoms with van der Waals surface area (Å²) in [5.41, 5.74) is 1.22. The van der Waals surface area contributed by atoms with Gasteiger partial charge in [-0.2, -0.15) is 0 Å². The van der Waals surface area contributed by atoms with Crippen molar-refractivity contribution < 1.29 is 9.21 Å². The number of carbonyl (C=O) groups excluding carboxylic acids is 1. The Kier molecular flexibility index (Phi) is 4.28. The van der Waals surface area contributed by atoms with Crippen LogP contribution in [0.25, 0.3) is 6.08 Å². The molecule has 0 radical (unpaired) electrons. The van der Waals surface area contributed by atoms with Gasteiger partial charge in [-0.05, 0) is 37.3 Å². The van der Waals surface area contributed by atoms with Gasteiger partial charge in [0.1, 0.15) is 11.5 Å². The maximum atomic E-state index is 12.2. The SMILES string of the molecule is Cc1ccc(/C=C/C(=O)N2CCN(c3ccccc3)CC2)o1. The van der Waals surface area contributed by atoms with E-state index in [0.29, 0.717) is 5.76 Å². The van der Waals surface area contributed by atoms with Gasteiger partial charge < -0.3 is 14.2 Å². The van der Waals surface area contributed by atoms with Gasteiger partial charge in [0, 0.05) is 37.9 Å². The largest absolute Gasteiger partial charge is 0.462 e. The molecule has 0 spiro atoms. The van der Waals surface area contributed by atoms with Gasteiger partial charge in [0.05, 0.1) is 0 Å². The number of aryl methyl sites for hydroxylation is 1. The van der Waals surface area contributed by atoms with Crippen LogP contribution in [0.3, 0.4) is 0 Å². The third kappa shape index (κ3) is 3.39. The van der Waals surface area contributed by atoms with Crippen LogP contribution < -0.4 is 4.90 Å². The molecule has 1 aromatic carbocycles. The molecule has 3 rings (SSSR count). The third-order valence-electron chi connectivity index (χ3n) is 3.86. The fraction of sp³-hybridized carbons (Fsp3) is 0.278. The molecule has 22 heavy (non-hydrogen) atoms. The van der Waals surface area contributed by atoms with E-state index in [1.165, 1.54) is 5.69 Å². The number of anilines is 1. The summed E-state index contributed by atoms with van der Waals surface area (Å²) in [7, 11) is 0. The first-order valence-electron chi connectivity index (χ1n) is 7.56. The number of para-hydroxylation sites is 1. The lowest BCUT2D eigenvalue weighted by atomic mass is 10.2. The van der Waals surface area contributed by atoms with Crippen molar-refractivity contribution in [3.63, 3.8) is 0 Å². The Balaban J connectivity index is 1.55. The van der Waals surface area contributed by atoms with Gasteiger partial charge in [0.15, 0.2) is 0 Å². The lowest BCUT2D eigenvalue weighted by Crippen LogP contribution is -2.48. The lowest BCUT2D eigenvalue weighted by Gasteiger charge is -2.35. The van der Waals surface area contributed by atoms with Crippen molar-refractivity contribution >= 4 is 17.7 Å². The van der Waals surface area contributed by atoms with E-state index >= 15 is 0 Å². The second kappa shape index (κ2) is 6.52. The first kappa shape index (κ1) is 14.4. The summed E-state index contributed by atoms with van der Waals surface area (Å²) < 4.78 is 5.43. The summed E-state index contributed by atoms with van der Waals surface area (Å²) in [5.74, 6) is 1.61. The van der Waals surface area contributed by atoms with Crippen LogP contribution in [0.2, 0.25) is 0 Å². The summed E-state index contributed by atoms with van der Waals surface area (Å²) in [5, 5.41) is 0. The van der Waals surface area contributed by atoms with Gasteiger partial charge in [0.25, 0.3) is 0 Å². The molecule has 0 atom stereocenters.